The molecule has 0 aliphatic carbocycles. The predicted octanol–water partition coefficient (Wildman–Crippen LogP) is 3.61. The van der Waals surface area contributed by atoms with E-state index in [1.807, 2.05) is 62.1 Å². The van der Waals surface area contributed by atoms with Crippen molar-refractivity contribution in [3.8, 4) is 11.5 Å². The van der Waals surface area contributed by atoms with Crippen molar-refractivity contribution < 1.29 is 14.3 Å². The van der Waals surface area contributed by atoms with Crippen molar-refractivity contribution in [2.75, 3.05) is 19.7 Å². The normalized spacial score (nSPS) is 15.9. The van der Waals surface area contributed by atoms with Gasteiger partial charge in [-0.15, -0.1) is 0 Å². The number of para-hydroxylation sites is 2. The molecule has 1 aliphatic heterocycles. The Morgan fingerprint density at radius 3 is 2.46 bits per heavy atom. The van der Waals surface area contributed by atoms with Crippen molar-refractivity contribution in [2.45, 2.75) is 26.9 Å². The van der Waals surface area contributed by atoms with Gasteiger partial charge in [-0.2, -0.15) is 0 Å². The van der Waals surface area contributed by atoms with Crippen LogP contribution in [0, 0.1) is 13.8 Å². The van der Waals surface area contributed by atoms with Crippen LogP contribution >= 0.6 is 0 Å². The number of hydrogen-bond donors (Lipinski definition) is 0. The zero-order chi connectivity index (χ0) is 17.1. The highest BCUT2D eigenvalue weighted by atomic mass is 16.6. The number of likely N-dealkylation sites (N-methyl/N-ethyl adjacent to an activating group) is 1. The average Bonchev–Trinajstić information content (AvgIpc) is 2.58. The second-order valence-corrected chi connectivity index (χ2v) is 6.22. The summed E-state index contributed by atoms with van der Waals surface area (Å²) in [4.78, 5) is 14.6. The van der Waals surface area contributed by atoms with Gasteiger partial charge in [-0.05, 0) is 45.0 Å². The molecule has 1 amide bonds. The fourth-order valence-electron chi connectivity index (χ4n) is 3.04. The molecule has 2 aromatic carbocycles. The topological polar surface area (TPSA) is 38.8 Å². The van der Waals surface area contributed by atoms with Crippen molar-refractivity contribution in [3.05, 3.63) is 59.2 Å². The minimum Gasteiger partial charge on any atom is -0.486 e. The number of amides is 1. The number of fused-ring (bicyclic) bond motifs is 1. The highest BCUT2D eigenvalue weighted by Crippen LogP contribution is 2.31. The molecule has 0 spiro atoms. The van der Waals surface area contributed by atoms with E-state index < -0.39 is 0 Å². The third-order valence-corrected chi connectivity index (χ3v) is 4.13. The third kappa shape index (κ3) is 3.53. The third-order valence-electron chi connectivity index (χ3n) is 4.13. The van der Waals surface area contributed by atoms with Crippen molar-refractivity contribution in [3.63, 3.8) is 0 Å². The summed E-state index contributed by atoms with van der Waals surface area (Å²) in [5, 5.41) is 0. The van der Waals surface area contributed by atoms with E-state index >= 15 is 0 Å². The van der Waals surface area contributed by atoms with Gasteiger partial charge in [0.05, 0.1) is 6.54 Å². The average molecular weight is 325 g/mol. The quantitative estimate of drug-likeness (QED) is 0.862. The summed E-state index contributed by atoms with van der Waals surface area (Å²) in [6.45, 7) is 7.60. The first-order valence-corrected chi connectivity index (χ1v) is 8.33. The van der Waals surface area contributed by atoms with Gasteiger partial charge in [-0.1, -0.05) is 29.3 Å². The summed E-state index contributed by atoms with van der Waals surface area (Å²) in [5.41, 5.74) is 2.92. The molecule has 0 aromatic heterocycles. The first-order valence-electron chi connectivity index (χ1n) is 8.33. The summed E-state index contributed by atoms with van der Waals surface area (Å²) in [5.74, 6) is 1.54. The van der Waals surface area contributed by atoms with Crippen LogP contribution < -0.4 is 9.47 Å². The van der Waals surface area contributed by atoms with Gasteiger partial charge >= 0.3 is 0 Å². The van der Waals surface area contributed by atoms with Crippen LogP contribution in [0.2, 0.25) is 0 Å². The van der Waals surface area contributed by atoms with Gasteiger partial charge in [0.15, 0.2) is 17.6 Å². The number of nitrogens with zero attached hydrogens (tertiary/aromatic N) is 1. The van der Waals surface area contributed by atoms with Gasteiger partial charge in [-0.25, -0.2) is 0 Å². The van der Waals surface area contributed by atoms with Crippen LogP contribution in [0.1, 0.15) is 28.4 Å². The van der Waals surface area contributed by atoms with E-state index in [4.69, 9.17) is 9.47 Å². The van der Waals surface area contributed by atoms with Gasteiger partial charge in [0, 0.05) is 12.1 Å². The fraction of sp³-hybridized carbons (Fsp3) is 0.350. The molecule has 3 rings (SSSR count). The number of aryl methyl sites for hydroxylation is 2. The Balaban J connectivity index is 1.72. The summed E-state index contributed by atoms with van der Waals surface area (Å²) in [6, 6.07) is 13.6. The summed E-state index contributed by atoms with van der Waals surface area (Å²) < 4.78 is 11.7. The minimum absolute atomic E-state index is 0.0340. The van der Waals surface area contributed by atoms with E-state index in [-0.39, 0.29) is 12.0 Å². The molecule has 1 aliphatic rings. The lowest BCUT2D eigenvalue weighted by molar-refractivity contribution is 0.0475. The Morgan fingerprint density at radius 1 is 1.12 bits per heavy atom. The van der Waals surface area contributed by atoms with E-state index in [0.29, 0.717) is 19.7 Å². The Kier molecular flexibility index (Phi) is 4.74. The summed E-state index contributed by atoms with van der Waals surface area (Å²) in [7, 11) is 0. The number of ether oxygens (including phenoxy) is 2. The molecule has 0 fully saturated rings. The molecule has 24 heavy (non-hydrogen) atoms. The lowest BCUT2D eigenvalue weighted by atomic mass is 10.1. The van der Waals surface area contributed by atoms with Crippen molar-refractivity contribution >= 4 is 5.91 Å². The van der Waals surface area contributed by atoms with Gasteiger partial charge in [0.25, 0.3) is 5.91 Å². The van der Waals surface area contributed by atoms with Gasteiger partial charge in [0.1, 0.15) is 6.61 Å². The SMILES string of the molecule is CCN(CC1COc2ccccc2O1)C(=O)c1cc(C)cc(C)c1. The van der Waals surface area contributed by atoms with Gasteiger partial charge < -0.3 is 14.4 Å². The van der Waals surface area contributed by atoms with Crippen LogP contribution in [0.5, 0.6) is 11.5 Å². The number of carbonyl (C=O) groups excluding carboxylic acids is 1. The van der Waals surface area contributed by atoms with Crippen molar-refractivity contribution in [2.24, 2.45) is 0 Å². The van der Waals surface area contributed by atoms with Crippen LogP contribution in [0.3, 0.4) is 0 Å². The maximum Gasteiger partial charge on any atom is 0.253 e. The van der Waals surface area contributed by atoms with E-state index in [2.05, 4.69) is 6.07 Å². The van der Waals surface area contributed by atoms with E-state index in [1.54, 1.807) is 0 Å². The molecule has 0 saturated heterocycles. The highest BCUT2D eigenvalue weighted by Gasteiger charge is 2.25. The fourth-order valence-corrected chi connectivity index (χ4v) is 3.04. The van der Waals surface area contributed by atoms with E-state index in [1.165, 1.54) is 0 Å². The molecule has 2 aromatic rings. The zero-order valence-corrected chi connectivity index (χ0v) is 14.4. The largest absolute Gasteiger partial charge is 0.486 e. The molecule has 126 valence electrons. The molecule has 0 bridgehead atoms. The number of benzene rings is 2. The van der Waals surface area contributed by atoms with Gasteiger partial charge in [-0.3, -0.25) is 4.79 Å². The number of rotatable bonds is 4. The van der Waals surface area contributed by atoms with Crippen molar-refractivity contribution in [1.29, 1.82) is 0 Å². The molecule has 1 heterocycles. The lowest BCUT2D eigenvalue weighted by Crippen LogP contribution is -2.43. The predicted molar refractivity (Wildman–Crippen MR) is 93.8 cm³/mol. The van der Waals surface area contributed by atoms with E-state index in [9.17, 15) is 4.79 Å². The zero-order valence-electron chi connectivity index (χ0n) is 14.4. The number of carbonyl (C=O) groups is 1. The lowest BCUT2D eigenvalue weighted by Gasteiger charge is -2.31. The van der Waals surface area contributed by atoms with Crippen LogP contribution in [0.4, 0.5) is 0 Å². The van der Waals surface area contributed by atoms with Crippen molar-refractivity contribution in [1.82, 2.24) is 4.90 Å². The molecular weight excluding hydrogens is 302 g/mol. The van der Waals surface area contributed by atoms with Crippen LogP contribution in [0.15, 0.2) is 42.5 Å². The summed E-state index contributed by atoms with van der Waals surface area (Å²) >= 11 is 0. The smallest absolute Gasteiger partial charge is 0.253 e. The minimum atomic E-state index is -0.158. The van der Waals surface area contributed by atoms with Crippen LogP contribution in [-0.2, 0) is 0 Å². The second kappa shape index (κ2) is 6.95. The van der Waals surface area contributed by atoms with Gasteiger partial charge in [0.2, 0.25) is 0 Å². The first kappa shape index (κ1) is 16.4. The van der Waals surface area contributed by atoms with E-state index in [0.717, 1.165) is 28.2 Å². The molecule has 0 saturated carbocycles. The molecule has 1 atom stereocenters. The Labute approximate surface area is 143 Å². The maximum absolute atomic E-state index is 12.8. The molecule has 0 N–H and O–H groups in total. The molecule has 0 radical (unpaired) electrons. The maximum atomic E-state index is 12.8. The molecule has 4 nitrogen and oxygen atoms in total. The Morgan fingerprint density at radius 2 is 1.79 bits per heavy atom. The Hall–Kier alpha value is -2.49. The van der Waals surface area contributed by atoms with Crippen LogP contribution in [0.25, 0.3) is 0 Å². The Bertz CT molecular complexity index is 721. The standard InChI is InChI=1S/C20H23NO3/c1-4-21(20(22)16-10-14(2)9-15(3)11-16)12-17-13-23-18-7-5-6-8-19(18)24-17/h5-11,17H,4,12-13H2,1-3H3. The molecule has 4 heteroatoms. The number of hydrogen-bond acceptors (Lipinski definition) is 3. The monoisotopic (exact) mass is 325 g/mol. The van der Waals surface area contributed by atoms with Crippen LogP contribution in [-0.4, -0.2) is 36.6 Å². The molecular formula is C20H23NO3. The first-order chi connectivity index (χ1) is 11.6. The second-order valence-electron chi connectivity index (χ2n) is 6.22. The molecule has 1 unspecified atom stereocenters. The summed E-state index contributed by atoms with van der Waals surface area (Å²) in [6.07, 6.45) is -0.158. The highest BCUT2D eigenvalue weighted by molar-refractivity contribution is 5.94.